The Morgan fingerprint density at radius 2 is 1.69 bits per heavy atom. The van der Waals surface area contributed by atoms with E-state index in [4.69, 9.17) is 11.6 Å². The summed E-state index contributed by atoms with van der Waals surface area (Å²) in [5.74, 6) is -0.193. The molecule has 1 amide bonds. The van der Waals surface area contributed by atoms with Gasteiger partial charge in [0, 0.05) is 39.3 Å². The largest absolute Gasteiger partial charge is 0.336 e. The Morgan fingerprint density at radius 1 is 1.04 bits per heavy atom. The van der Waals surface area contributed by atoms with Gasteiger partial charge in [0.1, 0.15) is 0 Å². The van der Waals surface area contributed by atoms with Crippen LogP contribution in [-0.4, -0.2) is 74.2 Å². The van der Waals surface area contributed by atoms with Crippen LogP contribution in [0.4, 0.5) is 0 Å². The molecule has 0 N–H and O–H groups in total. The highest BCUT2D eigenvalue weighted by molar-refractivity contribution is 7.89. The van der Waals surface area contributed by atoms with E-state index in [1.54, 1.807) is 4.90 Å². The van der Waals surface area contributed by atoms with Crippen molar-refractivity contribution in [3.05, 3.63) is 28.8 Å². The molecule has 2 aliphatic heterocycles. The molecule has 1 aromatic carbocycles. The number of carbonyl (C=O) groups is 1. The number of sulfonamides is 1. The summed E-state index contributed by atoms with van der Waals surface area (Å²) in [5, 5.41) is 0.297. The first-order valence-electron chi connectivity index (χ1n) is 9.25. The van der Waals surface area contributed by atoms with Crippen molar-refractivity contribution < 1.29 is 13.2 Å². The molecule has 0 saturated carbocycles. The van der Waals surface area contributed by atoms with Gasteiger partial charge in [0.05, 0.1) is 15.5 Å². The zero-order valence-electron chi connectivity index (χ0n) is 15.2. The summed E-state index contributed by atoms with van der Waals surface area (Å²) in [6.45, 7) is 7.05. The van der Waals surface area contributed by atoms with Crippen molar-refractivity contribution >= 4 is 27.5 Å². The Bertz CT molecular complexity index is 755. The van der Waals surface area contributed by atoms with Crippen LogP contribution in [0, 0.1) is 0 Å². The van der Waals surface area contributed by atoms with E-state index in [0.29, 0.717) is 31.2 Å². The van der Waals surface area contributed by atoms with Crippen LogP contribution in [0.2, 0.25) is 5.02 Å². The van der Waals surface area contributed by atoms with Gasteiger partial charge in [0.15, 0.2) is 0 Å². The molecule has 8 heteroatoms. The maximum atomic E-state index is 12.9. The van der Waals surface area contributed by atoms with Crippen LogP contribution in [0.1, 0.15) is 36.5 Å². The van der Waals surface area contributed by atoms with Gasteiger partial charge in [-0.1, -0.05) is 24.9 Å². The molecule has 2 aliphatic rings. The number of piperidine rings is 1. The summed E-state index contributed by atoms with van der Waals surface area (Å²) in [5.41, 5.74) is 0.273. The lowest BCUT2D eigenvalue weighted by Crippen LogP contribution is -2.48. The van der Waals surface area contributed by atoms with Gasteiger partial charge in [0.25, 0.3) is 5.91 Å². The summed E-state index contributed by atoms with van der Waals surface area (Å²) < 4.78 is 27.3. The van der Waals surface area contributed by atoms with Crippen molar-refractivity contribution in [3.8, 4) is 0 Å². The standard InChI is InChI=1S/C18H26ClN3O3S/c1-2-20-10-12-21(13-11-20)18(23)16-14-15(6-7-17(16)19)26(24,25)22-8-4-3-5-9-22/h6-7,14H,2-5,8-13H2,1H3. The van der Waals surface area contributed by atoms with Crippen LogP contribution in [-0.2, 0) is 10.0 Å². The third-order valence-corrected chi connectivity index (χ3v) is 7.45. The molecule has 26 heavy (non-hydrogen) atoms. The predicted octanol–water partition coefficient (Wildman–Crippen LogP) is 2.29. The van der Waals surface area contributed by atoms with Gasteiger partial charge in [-0.05, 0) is 37.6 Å². The van der Waals surface area contributed by atoms with E-state index in [2.05, 4.69) is 11.8 Å². The van der Waals surface area contributed by atoms with E-state index in [0.717, 1.165) is 38.9 Å². The van der Waals surface area contributed by atoms with E-state index in [1.165, 1.54) is 22.5 Å². The number of amides is 1. The van der Waals surface area contributed by atoms with Crippen molar-refractivity contribution in [3.63, 3.8) is 0 Å². The fraction of sp³-hybridized carbons (Fsp3) is 0.611. The van der Waals surface area contributed by atoms with Crippen LogP contribution in [0.25, 0.3) is 0 Å². The summed E-state index contributed by atoms with van der Waals surface area (Å²) in [6, 6.07) is 4.47. The molecule has 0 atom stereocenters. The van der Waals surface area contributed by atoms with E-state index in [9.17, 15) is 13.2 Å². The number of rotatable bonds is 4. The number of hydrogen-bond donors (Lipinski definition) is 0. The van der Waals surface area contributed by atoms with E-state index in [1.807, 2.05) is 0 Å². The Morgan fingerprint density at radius 3 is 2.31 bits per heavy atom. The molecule has 0 aliphatic carbocycles. The van der Waals surface area contributed by atoms with Gasteiger partial charge in [-0.25, -0.2) is 8.42 Å². The fourth-order valence-corrected chi connectivity index (χ4v) is 5.26. The van der Waals surface area contributed by atoms with Crippen molar-refractivity contribution in [1.29, 1.82) is 0 Å². The van der Waals surface area contributed by atoms with Crippen LogP contribution < -0.4 is 0 Å². The number of benzene rings is 1. The maximum Gasteiger partial charge on any atom is 0.255 e. The Labute approximate surface area is 160 Å². The summed E-state index contributed by atoms with van der Waals surface area (Å²) in [4.78, 5) is 17.1. The van der Waals surface area contributed by atoms with E-state index >= 15 is 0 Å². The summed E-state index contributed by atoms with van der Waals surface area (Å²) in [6.07, 6.45) is 2.81. The second-order valence-electron chi connectivity index (χ2n) is 6.83. The zero-order valence-corrected chi connectivity index (χ0v) is 16.7. The number of nitrogens with zero attached hydrogens (tertiary/aromatic N) is 3. The lowest BCUT2D eigenvalue weighted by atomic mass is 10.2. The molecule has 0 unspecified atom stereocenters. The Balaban J connectivity index is 1.82. The second kappa shape index (κ2) is 8.25. The van der Waals surface area contributed by atoms with Gasteiger partial charge >= 0.3 is 0 Å². The first kappa shape index (κ1) is 19.6. The number of halogens is 1. The van der Waals surface area contributed by atoms with E-state index < -0.39 is 10.0 Å². The second-order valence-corrected chi connectivity index (χ2v) is 9.18. The average Bonchev–Trinajstić information content (AvgIpc) is 2.68. The highest BCUT2D eigenvalue weighted by atomic mass is 35.5. The van der Waals surface area contributed by atoms with Crippen LogP contribution in [0.15, 0.2) is 23.1 Å². The molecule has 2 fully saturated rings. The summed E-state index contributed by atoms with van der Waals surface area (Å²) >= 11 is 6.24. The predicted molar refractivity (Wildman–Crippen MR) is 102 cm³/mol. The molecule has 0 aromatic heterocycles. The molecular weight excluding hydrogens is 374 g/mol. The van der Waals surface area contributed by atoms with Crippen molar-refractivity contribution in [1.82, 2.24) is 14.1 Å². The van der Waals surface area contributed by atoms with Gasteiger partial charge < -0.3 is 9.80 Å². The molecule has 1 aromatic rings. The summed E-state index contributed by atoms with van der Waals surface area (Å²) in [7, 11) is -3.58. The third kappa shape index (κ3) is 4.06. The number of piperazine rings is 1. The van der Waals surface area contributed by atoms with Crippen LogP contribution >= 0.6 is 11.6 Å². The molecule has 144 valence electrons. The number of likely N-dealkylation sites (N-methyl/N-ethyl adjacent to an activating group) is 1. The first-order chi connectivity index (χ1) is 12.4. The smallest absolute Gasteiger partial charge is 0.255 e. The van der Waals surface area contributed by atoms with Crippen molar-refractivity contribution in [2.45, 2.75) is 31.1 Å². The van der Waals surface area contributed by atoms with Crippen LogP contribution in [0.5, 0.6) is 0 Å². The first-order valence-corrected chi connectivity index (χ1v) is 11.1. The fourth-order valence-electron chi connectivity index (χ4n) is 3.52. The number of carbonyl (C=O) groups excluding carboxylic acids is 1. The molecule has 0 radical (unpaired) electrons. The highest BCUT2D eigenvalue weighted by Gasteiger charge is 2.29. The quantitative estimate of drug-likeness (QED) is 0.779. The SMILES string of the molecule is CCN1CCN(C(=O)c2cc(S(=O)(=O)N3CCCCC3)ccc2Cl)CC1. The minimum Gasteiger partial charge on any atom is -0.336 e. The average molecular weight is 400 g/mol. The lowest BCUT2D eigenvalue weighted by molar-refractivity contribution is 0.0643. The molecule has 3 rings (SSSR count). The molecule has 0 bridgehead atoms. The van der Waals surface area contributed by atoms with Crippen molar-refractivity contribution in [2.24, 2.45) is 0 Å². The van der Waals surface area contributed by atoms with E-state index in [-0.39, 0.29) is 16.4 Å². The van der Waals surface area contributed by atoms with Crippen LogP contribution in [0.3, 0.4) is 0 Å². The number of hydrogen-bond acceptors (Lipinski definition) is 4. The van der Waals surface area contributed by atoms with Crippen molar-refractivity contribution in [2.75, 3.05) is 45.8 Å². The zero-order chi connectivity index (χ0) is 18.7. The molecule has 2 saturated heterocycles. The molecular formula is C18H26ClN3O3S. The monoisotopic (exact) mass is 399 g/mol. The molecule has 6 nitrogen and oxygen atoms in total. The van der Waals surface area contributed by atoms with Gasteiger partial charge in [0.2, 0.25) is 10.0 Å². The minimum atomic E-state index is -3.58. The Hall–Kier alpha value is -1.15. The van der Waals surface area contributed by atoms with Gasteiger partial charge in [-0.3, -0.25) is 4.79 Å². The maximum absolute atomic E-state index is 12.9. The van der Waals surface area contributed by atoms with Gasteiger partial charge in [-0.15, -0.1) is 0 Å². The molecule has 0 spiro atoms. The molecule has 2 heterocycles. The van der Waals surface area contributed by atoms with Gasteiger partial charge in [-0.2, -0.15) is 4.31 Å². The topological polar surface area (TPSA) is 60.9 Å². The normalized spacial score (nSPS) is 20.3. The Kier molecular flexibility index (Phi) is 6.22. The third-order valence-electron chi connectivity index (χ3n) is 5.23. The highest BCUT2D eigenvalue weighted by Crippen LogP contribution is 2.26. The minimum absolute atomic E-state index is 0.152. The lowest BCUT2D eigenvalue weighted by Gasteiger charge is -2.34.